The van der Waals surface area contributed by atoms with E-state index in [1.807, 2.05) is 0 Å². The molecule has 166 valence electrons. The highest BCUT2D eigenvalue weighted by Crippen LogP contribution is 2.27. The summed E-state index contributed by atoms with van der Waals surface area (Å²) >= 11 is 0. The molecule has 8 nitrogen and oxygen atoms in total. The van der Waals surface area contributed by atoms with E-state index in [-0.39, 0.29) is 30.1 Å². The van der Waals surface area contributed by atoms with Gasteiger partial charge < -0.3 is 15.2 Å². The lowest BCUT2D eigenvalue weighted by Crippen LogP contribution is -2.39. The Morgan fingerprint density at radius 3 is 2.62 bits per heavy atom. The molecule has 0 radical (unpaired) electrons. The quantitative estimate of drug-likeness (QED) is 0.611. The Kier molecular flexibility index (Phi) is 6.55. The van der Waals surface area contributed by atoms with Gasteiger partial charge in [-0.1, -0.05) is 17.3 Å². The number of amides is 2. The Labute approximate surface area is 184 Å². The van der Waals surface area contributed by atoms with Gasteiger partial charge in [0.2, 0.25) is 23.5 Å². The van der Waals surface area contributed by atoms with Crippen LogP contribution in [0.15, 0.2) is 53.1 Å². The van der Waals surface area contributed by atoms with E-state index in [1.54, 1.807) is 36.4 Å². The second-order valence-corrected chi connectivity index (χ2v) is 7.85. The van der Waals surface area contributed by atoms with Crippen molar-refractivity contribution >= 4 is 23.2 Å². The number of nitrogens with one attached hydrogen (secondary N) is 2. The van der Waals surface area contributed by atoms with Gasteiger partial charge in [-0.15, -0.1) is 0 Å². The number of hydrogen-bond acceptors (Lipinski definition) is 6. The van der Waals surface area contributed by atoms with Crippen LogP contribution in [0.1, 0.15) is 31.6 Å². The summed E-state index contributed by atoms with van der Waals surface area (Å²) in [6.45, 7) is 3.11. The van der Waals surface area contributed by atoms with Gasteiger partial charge in [0.15, 0.2) is 0 Å². The molecule has 2 amide bonds. The number of carbonyl (C=O) groups excluding carboxylic acids is 2. The molecule has 1 aliphatic rings. The van der Waals surface area contributed by atoms with Gasteiger partial charge in [-0.2, -0.15) is 4.98 Å². The molecule has 1 aliphatic heterocycles. The molecule has 2 heterocycles. The van der Waals surface area contributed by atoms with Crippen molar-refractivity contribution in [3.8, 4) is 11.4 Å². The molecule has 0 saturated carbocycles. The summed E-state index contributed by atoms with van der Waals surface area (Å²) in [6, 6.07) is 13.0. The van der Waals surface area contributed by atoms with Gasteiger partial charge in [0.25, 0.3) is 0 Å². The van der Waals surface area contributed by atoms with Crippen molar-refractivity contribution in [1.29, 1.82) is 0 Å². The largest absolute Gasteiger partial charge is 0.339 e. The maximum Gasteiger partial charge on any atom is 0.238 e. The van der Waals surface area contributed by atoms with Gasteiger partial charge in [-0.25, -0.2) is 4.39 Å². The SMILES string of the molecule is CC(=O)Nc1ccc(NC(=O)CN2CCCC(c3nc(-c4cccc(F)c4)no3)C2)cc1. The van der Waals surface area contributed by atoms with Gasteiger partial charge in [0, 0.05) is 30.4 Å². The predicted molar refractivity (Wildman–Crippen MR) is 117 cm³/mol. The molecule has 2 aromatic carbocycles. The average molecular weight is 437 g/mol. The Morgan fingerprint density at radius 2 is 1.91 bits per heavy atom. The Bertz CT molecular complexity index is 1100. The number of anilines is 2. The first kappa shape index (κ1) is 21.6. The van der Waals surface area contributed by atoms with E-state index in [9.17, 15) is 14.0 Å². The fourth-order valence-electron chi connectivity index (χ4n) is 3.79. The first-order valence-corrected chi connectivity index (χ1v) is 10.5. The van der Waals surface area contributed by atoms with Crippen LogP contribution in [0.25, 0.3) is 11.4 Å². The van der Waals surface area contributed by atoms with Gasteiger partial charge in [0.05, 0.1) is 12.5 Å². The zero-order valence-electron chi connectivity index (χ0n) is 17.7. The van der Waals surface area contributed by atoms with Crippen molar-refractivity contribution in [1.82, 2.24) is 15.0 Å². The van der Waals surface area contributed by atoms with Crippen molar-refractivity contribution in [3.63, 3.8) is 0 Å². The standard InChI is InChI=1S/C23H24FN5O3/c1-15(30)25-19-7-9-20(10-8-19)26-21(31)14-29-11-3-5-17(13-29)23-27-22(28-32-23)16-4-2-6-18(24)12-16/h2,4,6-10,12,17H,3,5,11,13-14H2,1H3,(H,25,30)(H,26,31). The number of rotatable bonds is 6. The monoisotopic (exact) mass is 437 g/mol. The van der Waals surface area contributed by atoms with Crippen LogP contribution < -0.4 is 10.6 Å². The number of aromatic nitrogens is 2. The first-order valence-electron chi connectivity index (χ1n) is 10.5. The number of carbonyl (C=O) groups is 2. The predicted octanol–water partition coefficient (Wildman–Crippen LogP) is 3.65. The van der Waals surface area contributed by atoms with Gasteiger partial charge in [0.1, 0.15) is 5.82 Å². The Morgan fingerprint density at radius 1 is 1.16 bits per heavy atom. The van der Waals surface area contributed by atoms with Crippen molar-refractivity contribution in [2.24, 2.45) is 0 Å². The molecule has 4 rings (SSSR count). The van der Waals surface area contributed by atoms with Crippen LogP contribution in [0.3, 0.4) is 0 Å². The van der Waals surface area contributed by atoms with Crippen molar-refractivity contribution in [3.05, 3.63) is 60.2 Å². The van der Waals surface area contributed by atoms with E-state index >= 15 is 0 Å². The van der Waals surface area contributed by atoms with Gasteiger partial charge in [-0.05, 0) is 55.8 Å². The summed E-state index contributed by atoms with van der Waals surface area (Å²) in [5, 5.41) is 9.56. The van der Waals surface area contributed by atoms with Crippen LogP contribution in [-0.4, -0.2) is 46.5 Å². The minimum absolute atomic E-state index is 0.0169. The zero-order valence-corrected chi connectivity index (χ0v) is 17.7. The number of halogens is 1. The van der Waals surface area contributed by atoms with Crippen LogP contribution in [-0.2, 0) is 9.59 Å². The van der Waals surface area contributed by atoms with Gasteiger partial charge in [-0.3, -0.25) is 14.5 Å². The van der Waals surface area contributed by atoms with E-state index in [0.29, 0.717) is 35.2 Å². The third-order valence-corrected chi connectivity index (χ3v) is 5.24. The number of piperidine rings is 1. The third-order valence-electron chi connectivity index (χ3n) is 5.24. The van der Waals surface area contributed by atoms with Crippen molar-refractivity contribution < 1.29 is 18.5 Å². The second kappa shape index (κ2) is 9.69. The molecule has 1 fully saturated rings. The third kappa shape index (κ3) is 5.55. The summed E-state index contributed by atoms with van der Waals surface area (Å²) in [5.74, 6) is 0.256. The van der Waals surface area contributed by atoms with Crippen molar-refractivity contribution in [2.75, 3.05) is 30.3 Å². The second-order valence-electron chi connectivity index (χ2n) is 7.85. The van der Waals surface area contributed by atoms with Crippen LogP contribution >= 0.6 is 0 Å². The normalized spacial score (nSPS) is 16.5. The molecule has 32 heavy (non-hydrogen) atoms. The summed E-state index contributed by atoms with van der Waals surface area (Å²) in [7, 11) is 0. The molecule has 0 aliphatic carbocycles. The molecular formula is C23H24FN5O3. The topological polar surface area (TPSA) is 100 Å². The molecule has 1 atom stereocenters. The summed E-state index contributed by atoms with van der Waals surface area (Å²) in [5.41, 5.74) is 1.90. The maximum absolute atomic E-state index is 13.5. The summed E-state index contributed by atoms with van der Waals surface area (Å²) in [6.07, 6.45) is 1.79. The van der Waals surface area contributed by atoms with E-state index in [4.69, 9.17) is 4.52 Å². The molecule has 1 aromatic heterocycles. The smallest absolute Gasteiger partial charge is 0.238 e. The van der Waals surface area contributed by atoms with Crippen LogP contribution in [0, 0.1) is 5.82 Å². The maximum atomic E-state index is 13.5. The zero-order chi connectivity index (χ0) is 22.5. The molecule has 1 saturated heterocycles. The van der Waals surface area contributed by atoms with Crippen LogP contribution in [0.2, 0.25) is 0 Å². The molecule has 3 aromatic rings. The van der Waals surface area contributed by atoms with Crippen molar-refractivity contribution in [2.45, 2.75) is 25.7 Å². The fraction of sp³-hybridized carbons (Fsp3) is 0.304. The van der Waals surface area contributed by atoms with E-state index in [1.165, 1.54) is 19.1 Å². The molecule has 9 heteroatoms. The number of hydrogen-bond donors (Lipinski definition) is 2. The molecule has 0 bridgehead atoms. The van der Waals surface area contributed by atoms with E-state index in [2.05, 4.69) is 25.7 Å². The number of nitrogens with zero attached hydrogens (tertiary/aromatic N) is 3. The molecule has 2 N–H and O–H groups in total. The number of likely N-dealkylation sites (tertiary alicyclic amines) is 1. The Balaban J connectivity index is 1.33. The molecule has 0 spiro atoms. The highest BCUT2D eigenvalue weighted by atomic mass is 19.1. The minimum atomic E-state index is -0.353. The average Bonchev–Trinajstić information content (AvgIpc) is 3.25. The molecule has 1 unspecified atom stereocenters. The lowest BCUT2D eigenvalue weighted by Gasteiger charge is -2.30. The highest BCUT2D eigenvalue weighted by Gasteiger charge is 2.27. The lowest BCUT2D eigenvalue weighted by atomic mass is 9.98. The molecular weight excluding hydrogens is 413 g/mol. The lowest BCUT2D eigenvalue weighted by molar-refractivity contribution is -0.117. The number of benzene rings is 2. The minimum Gasteiger partial charge on any atom is -0.339 e. The Hall–Kier alpha value is -3.59. The summed E-state index contributed by atoms with van der Waals surface area (Å²) in [4.78, 5) is 30.1. The summed E-state index contributed by atoms with van der Waals surface area (Å²) < 4.78 is 18.9. The van der Waals surface area contributed by atoms with E-state index < -0.39 is 0 Å². The van der Waals surface area contributed by atoms with E-state index in [0.717, 1.165) is 19.4 Å². The van der Waals surface area contributed by atoms with Crippen LogP contribution in [0.5, 0.6) is 0 Å². The fourth-order valence-corrected chi connectivity index (χ4v) is 3.79. The first-order chi connectivity index (χ1) is 15.5. The van der Waals surface area contributed by atoms with Crippen LogP contribution in [0.4, 0.5) is 15.8 Å². The van der Waals surface area contributed by atoms with Gasteiger partial charge >= 0.3 is 0 Å². The highest BCUT2D eigenvalue weighted by molar-refractivity contribution is 5.93.